The molecule has 3 aliphatic rings. The molecule has 2 unspecified atom stereocenters. The van der Waals surface area contributed by atoms with Gasteiger partial charge in [0.15, 0.2) is 5.82 Å². The molecule has 2 saturated carbocycles. The molecule has 0 amide bonds. The van der Waals surface area contributed by atoms with Crippen LogP contribution in [-0.2, 0) is 10.9 Å². The molecule has 2 aliphatic carbocycles. The second kappa shape index (κ2) is 7.59. The quantitative estimate of drug-likeness (QED) is 0.696. The smallest absolute Gasteiger partial charge is 0.379 e. The van der Waals surface area contributed by atoms with E-state index in [0.717, 1.165) is 50.6 Å². The minimum atomic E-state index is -4.38. The van der Waals surface area contributed by atoms with Gasteiger partial charge in [-0.05, 0) is 57.6 Å². The van der Waals surface area contributed by atoms with Crippen LogP contribution in [0.4, 0.5) is 13.2 Å². The fourth-order valence-corrected chi connectivity index (χ4v) is 5.65. The predicted molar refractivity (Wildman–Crippen MR) is 111 cm³/mol. The Labute approximate surface area is 180 Å². The van der Waals surface area contributed by atoms with Gasteiger partial charge in [-0.3, -0.25) is 4.90 Å². The molecule has 31 heavy (non-hydrogen) atoms. The molecule has 1 aliphatic heterocycles. The lowest BCUT2D eigenvalue weighted by atomic mass is 10.0. The molecule has 168 valence electrons. The van der Waals surface area contributed by atoms with Crippen molar-refractivity contribution in [2.24, 2.45) is 11.8 Å². The Bertz CT molecular complexity index is 945. The van der Waals surface area contributed by atoms with Crippen molar-refractivity contribution in [2.75, 3.05) is 19.8 Å². The number of nitrogens with zero attached hydrogens (tertiary/aromatic N) is 4. The van der Waals surface area contributed by atoms with Crippen molar-refractivity contribution in [1.82, 2.24) is 19.7 Å². The number of fused-ring (bicyclic) bond motifs is 1. The maximum Gasteiger partial charge on any atom is 0.416 e. The van der Waals surface area contributed by atoms with Gasteiger partial charge in [-0.1, -0.05) is 12.1 Å². The number of ether oxygens (including phenoxy) is 1. The average molecular weight is 435 g/mol. The second-order valence-electron chi connectivity index (χ2n) is 9.55. The molecule has 2 heterocycles. The standard InChI is InChI=1S/C23H29F3N4O/c1-13(2)30-22(27-21(28-30)15-5-4-6-16(9-15)23(24,25)26)20-18-10-17(11-19(18)20)29-7-8-31-12-14(29)3/h4-6,9,13-14,17-20H,7-8,10-12H2,1-3H3/t14-,17?,18-,19+,20?/m1/s1. The highest BCUT2D eigenvalue weighted by Gasteiger charge is 2.59. The zero-order chi connectivity index (χ0) is 21.9. The number of alkyl halides is 3. The van der Waals surface area contributed by atoms with Crippen LogP contribution >= 0.6 is 0 Å². The van der Waals surface area contributed by atoms with Gasteiger partial charge in [0.1, 0.15) is 5.82 Å². The topological polar surface area (TPSA) is 43.2 Å². The zero-order valence-corrected chi connectivity index (χ0v) is 18.1. The van der Waals surface area contributed by atoms with E-state index in [1.54, 1.807) is 6.07 Å². The largest absolute Gasteiger partial charge is 0.416 e. The van der Waals surface area contributed by atoms with Crippen molar-refractivity contribution < 1.29 is 17.9 Å². The van der Waals surface area contributed by atoms with Crippen molar-refractivity contribution in [1.29, 1.82) is 0 Å². The first-order valence-electron chi connectivity index (χ1n) is 11.2. The Morgan fingerprint density at radius 2 is 1.90 bits per heavy atom. The Morgan fingerprint density at radius 3 is 2.55 bits per heavy atom. The van der Waals surface area contributed by atoms with E-state index < -0.39 is 11.7 Å². The van der Waals surface area contributed by atoms with Crippen LogP contribution in [-0.4, -0.2) is 51.5 Å². The molecular weight excluding hydrogens is 405 g/mol. The molecule has 0 radical (unpaired) electrons. The van der Waals surface area contributed by atoms with Crippen molar-refractivity contribution in [3.63, 3.8) is 0 Å². The fourth-order valence-electron chi connectivity index (χ4n) is 5.65. The summed E-state index contributed by atoms with van der Waals surface area (Å²) in [5.41, 5.74) is -0.250. The maximum atomic E-state index is 13.2. The molecule has 1 aromatic carbocycles. The Balaban J connectivity index is 1.37. The summed E-state index contributed by atoms with van der Waals surface area (Å²) in [6.45, 7) is 8.93. The van der Waals surface area contributed by atoms with Crippen LogP contribution in [0.3, 0.4) is 0 Å². The van der Waals surface area contributed by atoms with E-state index in [-0.39, 0.29) is 6.04 Å². The second-order valence-corrected chi connectivity index (χ2v) is 9.55. The number of aromatic nitrogens is 3. The lowest BCUT2D eigenvalue weighted by molar-refractivity contribution is -0.137. The maximum absolute atomic E-state index is 13.2. The summed E-state index contributed by atoms with van der Waals surface area (Å²) in [4.78, 5) is 7.36. The Kier molecular flexibility index (Phi) is 5.13. The highest BCUT2D eigenvalue weighted by atomic mass is 19.4. The third-order valence-electron chi connectivity index (χ3n) is 7.20. The lowest BCUT2D eigenvalue weighted by Crippen LogP contribution is -2.49. The number of hydrogen-bond acceptors (Lipinski definition) is 4. The first-order chi connectivity index (χ1) is 14.7. The zero-order valence-electron chi connectivity index (χ0n) is 18.1. The van der Waals surface area contributed by atoms with Gasteiger partial charge in [-0.2, -0.15) is 18.3 Å². The summed E-state index contributed by atoms with van der Waals surface area (Å²) in [5, 5.41) is 4.62. The molecule has 3 fully saturated rings. The number of halogens is 3. The van der Waals surface area contributed by atoms with Crippen LogP contribution in [0.5, 0.6) is 0 Å². The monoisotopic (exact) mass is 434 g/mol. The summed E-state index contributed by atoms with van der Waals surface area (Å²) in [6.07, 6.45) is -2.06. The molecule has 1 aromatic heterocycles. The SMILES string of the molecule is CC(C)n1nc(-c2cccc(C(F)(F)F)c2)nc1C1[C@H]2CC(N3CCOC[C@H]3C)C[C@@H]12. The van der Waals surface area contributed by atoms with Crippen LogP contribution in [0.2, 0.25) is 0 Å². The van der Waals surface area contributed by atoms with E-state index in [9.17, 15) is 13.2 Å². The van der Waals surface area contributed by atoms with Gasteiger partial charge in [0.25, 0.3) is 0 Å². The first kappa shape index (κ1) is 20.9. The van der Waals surface area contributed by atoms with Crippen molar-refractivity contribution >= 4 is 0 Å². The predicted octanol–water partition coefficient (Wildman–Crippen LogP) is 4.76. The van der Waals surface area contributed by atoms with E-state index >= 15 is 0 Å². The molecule has 0 spiro atoms. The molecule has 2 aromatic rings. The van der Waals surface area contributed by atoms with Crippen molar-refractivity contribution in [2.45, 2.75) is 63.8 Å². The number of benzene rings is 1. The van der Waals surface area contributed by atoms with Gasteiger partial charge < -0.3 is 4.74 Å². The van der Waals surface area contributed by atoms with Crippen LogP contribution in [0.1, 0.15) is 57.0 Å². The van der Waals surface area contributed by atoms with Crippen LogP contribution in [0.25, 0.3) is 11.4 Å². The molecule has 8 heteroatoms. The number of morpholine rings is 1. The molecule has 5 nitrogen and oxygen atoms in total. The van der Waals surface area contributed by atoms with Crippen molar-refractivity contribution in [3.05, 3.63) is 35.7 Å². The van der Waals surface area contributed by atoms with Gasteiger partial charge in [0.05, 0.1) is 18.8 Å². The molecule has 5 atom stereocenters. The van der Waals surface area contributed by atoms with E-state index in [1.165, 1.54) is 6.07 Å². The fraction of sp³-hybridized carbons (Fsp3) is 0.652. The summed E-state index contributed by atoms with van der Waals surface area (Å²) < 4.78 is 47.0. The number of rotatable bonds is 4. The van der Waals surface area contributed by atoms with E-state index in [4.69, 9.17) is 9.72 Å². The van der Waals surface area contributed by atoms with Crippen LogP contribution in [0.15, 0.2) is 24.3 Å². The molecular formula is C23H29F3N4O. The molecule has 1 saturated heterocycles. The Morgan fingerprint density at radius 1 is 1.16 bits per heavy atom. The average Bonchev–Trinajstić information content (AvgIpc) is 3.09. The van der Waals surface area contributed by atoms with Gasteiger partial charge in [0.2, 0.25) is 0 Å². The third-order valence-corrected chi connectivity index (χ3v) is 7.20. The van der Waals surface area contributed by atoms with Gasteiger partial charge >= 0.3 is 6.18 Å². The normalized spacial score (nSPS) is 31.3. The minimum absolute atomic E-state index is 0.110. The van der Waals surface area contributed by atoms with Crippen LogP contribution < -0.4 is 0 Å². The highest BCUT2D eigenvalue weighted by molar-refractivity contribution is 5.56. The number of hydrogen-bond donors (Lipinski definition) is 0. The van der Waals surface area contributed by atoms with Crippen LogP contribution in [0, 0.1) is 11.8 Å². The van der Waals surface area contributed by atoms with Gasteiger partial charge in [-0.25, -0.2) is 9.67 Å². The highest BCUT2D eigenvalue weighted by Crippen LogP contribution is 2.64. The van der Waals surface area contributed by atoms with Crippen molar-refractivity contribution in [3.8, 4) is 11.4 Å². The first-order valence-corrected chi connectivity index (χ1v) is 11.2. The third kappa shape index (κ3) is 3.78. The summed E-state index contributed by atoms with van der Waals surface area (Å²) in [5.74, 6) is 2.87. The van der Waals surface area contributed by atoms with Gasteiger partial charge in [-0.15, -0.1) is 0 Å². The summed E-state index contributed by atoms with van der Waals surface area (Å²) in [7, 11) is 0. The minimum Gasteiger partial charge on any atom is -0.379 e. The van der Waals surface area contributed by atoms with E-state index in [2.05, 4.69) is 16.9 Å². The molecule has 0 bridgehead atoms. The van der Waals surface area contributed by atoms with E-state index in [0.29, 0.717) is 41.2 Å². The Hall–Kier alpha value is -1.93. The van der Waals surface area contributed by atoms with E-state index in [1.807, 2.05) is 18.5 Å². The summed E-state index contributed by atoms with van der Waals surface area (Å²) >= 11 is 0. The molecule has 0 N–H and O–H groups in total. The van der Waals surface area contributed by atoms with Gasteiger partial charge in [0, 0.05) is 36.2 Å². The lowest BCUT2D eigenvalue weighted by Gasteiger charge is -2.38. The molecule has 5 rings (SSSR count). The summed E-state index contributed by atoms with van der Waals surface area (Å²) in [6, 6.07) is 6.48.